The lowest BCUT2D eigenvalue weighted by molar-refractivity contribution is 0.483. The van der Waals surface area contributed by atoms with Gasteiger partial charge in [-0.3, -0.25) is 9.55 Å². The minimum absolute atomic E-state index is 0.00105. The molecule has 1 aliphatic heterocycles. The second-order valence-corrected chi connectivity index (χ2v) is 16.4. The van der Waals surface area contributed by atoms with Gasteiger partial charge in [0.25, 0.3) is 0 Å². The maximum absolute atomic E-state index is 6.68. The van der Waals surface area contributed by atoms with Gasteiger partial charge in [0.15, 0.2) is 0 Å². The number of para-hydroxylation sites is 1. The smallest absolute Gasteiger partial charge is 0.137 e. The van der Waals surface area contributed by atoms with Crippen LogP contribution in [0, 0.1) is 34.6 Å². The number of ether oxygens (including phenoxy) is 1. The maximum Gasteiger partial charge on any atom is 0.137 e. The molecule has 8 aromatic rings. The van der Waals surface area contributed by atoms with E-state index in [1.165, 1.54) is 55.6 Å². The average molecular weight is 734 g/mol. The van der Waals surface area contributed by atoms with Crippen LogP contribution in [0.5, 0.6) is 11.5 Å². The molecule has 1 aliphatic rings. The number of aryl methyl sites for hydroxylation is 5. The van der Waals surface area contributed by atoms with Gasteiger partial charge in [0.05, 0.1) is 28.6 Å². The van der Waals surface area contributed by atoms with Crippen molar-refractivity contribution in [1.29, 1.82) is 0 Å². The van der Waals surface area contributed by atoms with Crippen molar-refractivity contribution in [2.45, 2.75) is 60.8 Å². The van der Waals surface area contributed by atoms with E-state index in [4.69, 9.17) is 9.72 Å². The lowest BCUT2D eigenvalue weighted by atomic mass is 9.88. The molecule has 0 aliphatic carbocycles. The monoisotopic (exact) mass is 733 g/mol. The van der Waals surface area contributed by atoms with E-state index in [9.17, 15) is 0 Å². The number of pyridine rings is 2. The van der Waals surface area contributed by atoms with Gasteiger partial charge >= 0.3 is 0 Å². The lowest BCUT2D eigenvalue weighted by Crippen LogP contribution is -2.25. The number of hydrogen-bond acceptors (Lipinski definition) is 5. The highest BCUT2D eigenvalue weighted by atomic mass is 16.5. The van der Waals surface area contributed by atoms with Crippen LogP contribution >= 0.6 is 0 Å². The van der Waals surface area contributed by atoms with Crippen LogP contribution in [0.2, 0.25) is 0 Å². The number of benzene rings is 5. The zero-order chi connectivity index (χ0) is 38.9. The van der Waals surface area contributed by atoms with Crippen molar-refractivity contribution in [1.82, 2.24) is 14.5 Å². The Bertz CT molecular complexity index is 2780. The molecule has 0 amide bonds. The average Bonchev–Trinajstić information content (AvgIpc) is 3.70. The third kappa shape index (κ3) is 6.06. The quantitative estimate of drug-likeness (QED) is 0.170. The topological polar surface area (TPSA) is 46.4 Å². The molecule has 0 radical (unpaired) electrons. The van der Waals surface area contributed by atoms with Crippen LogP contribution in [-0.4, -0.2) is 21.2 Å². The molecule has 6 heteroatoms. The van der Waals surface area contributed by atoms with Gasteiger partial charge in [0, 0.05) is 46.7 Å². The molecule has 0 bridgehead atoms. The van der Waals surface area contributed by atoms with Gasteiger partial charge in [0.2, 0.25) is 0 Å². The van der Waals surface area contributed by atoms with Crippen LogP contribution in [0.4, 0.5) is 22.7 Å². The summed E-state index contributed by atoms with van der Waals surface area (Å²) < 4.78 is 8.94. The van der Waals surface area contributed by atoms with E-state index in [0.717, 1.165) is 50.8 Å². The number of fused-ring (bicyclic) bond motifs is 4. The standard InChI is InChI=1S/C50H47N5O/c1-31-22-32(2)48(33(3)23-31)36-24-34(4)49(35(5)25-36)54-30-53(46-29-51-20-19-44(46)54)38-12-11-13-39(27-38)56-40-16-17-42-41-14-9-10-15-43(41)55(45(42)28-40)47-26-37(18-21-52-47)50(6,7)8/h9-29H,30H2,1-8H3. The Morgan fingerprint density at radius 2 is 1.34 bits per heavy atom. The van der Waals surface area contributed by atoms with E-state index >= 15 is 0 Å². The molecular formula is C50H47N5O. The Balaban J connectivity index is 1.05. The summed E-state index contributed by atoms with van der Waals surface area (Å²) in [6, 6.07) is 39.0. The molecule has 0 saturated carbocycles. The van der Waals surface area contributed by atoms with Crippen molar-refractivity contribution in [3.8, 4) is 28.4 Å². The Morgan fingerprint density at radius 1 is 0.607 bits per heavy atom. The van der Waals surface area contributed by atoms with Crippen LogP contribution in [0.25, 0.3) is 38.8 Å². The summed E-state index contributed by atoms with van der Waals surface area (Å²) in [5.41, 5.74) is 16.9. The summed E-state index contributed by atoms with van der Waals surface area (Å²) in [6.07, 6.45) is 5.77. The van der Waals surface area contributed by atoms with Crippen LogP contribution in [0.1, 0.15) is 54.2 Å². The Morgan fingerprint density at radius 3 is 2.11 bits per heavy atom. The van der Waals surface area contributed by atoms with E-state index in [-0.39, 0.29) is 5.41 Å². The van der Waals surface area contributed by atoms with E-state index in [0.29, 0.717) is 6.67 Å². The molecule has 0 unspecified atom stereocenters. The first-order chi connectivity index (χ1) is 26.9. The van der Waals surface area contributed by atoms with Crippen molar-refractivity contribution < 1.29 is 4.74 Å². The molecule has 56 heavy (non-hydrogen) atoms. The van der Waals surface area contributed by atoms with Crippen molar-refractivity contribution in [2.24, 2.45) is 0 Å². The second kappa shape index (κ2) is 13.4. The van der Waals surface area contributed by atoms with E-state index in [1.54, 1.807) is 0 Å². The number of anilines is 4. The van der Waals surface area contributed by atoms with Crippen molar-refractivity contribution in [2.75, 3.05) is 16.5 Å². The highest BCUT2D eigenvalue weighted by molar-refractivity contribution is 6.09. The van der Waals surface area contributed by atoms with E-state index in [2.05, 4.69) is 178 Å². The molecule has 0 spiro atoms. The van der Waals surface area contributed by atoms with Crippen molar-refractivity contribution >= 4 is 44.6 Å². The molecule has 0 saturated heterocycles. The molecule has 9 rings (SSSR count). The zero-order valence-electron chi connectivity index (χ0n) is 33.5. The largest absolute Gasteiger partial charge is 0.457 e. The fraction of sp³-hybridized carbons (Fsp3) is 0.200. The predicted octanol–water partition coefficient (Wildman–Crippen LogP) is 13.1. The van der Waals surface area contributed by atoms with Crippen LogP contribution in [0.3, 0.4) is 0 Å². The van der Waals surface area contributed by atoms with Crippen molar-refractivity contribution in [3.63, 3.8) is 0 Å². The summed E-state index contributed by atoms with van der Waals surface area (Å²) in [6.45, 7) is 18.4. The summed E-state index contributed by atoms with van der Waals surface area (Å²) in [5, 5.41) is 2.35. The van der Waals surface area contributed by atoms with Gasteiger partial charge in [-0.2, -0.15) is 0 Å². The number of rotatable bonds is 6. The first kappa shape index (κ1) is 35.3. The Hall–Kier alpha value is -6.40. The molecule has 6 nitrogen and oxygen atoms in total. The first-order valence-corrected chi connectivity index (χ1v) is 19.4. The second-order valence-electron chi connectivity index (χ2n) is 16.4. The molecule has 0 N–H and O–H groups in total. The number of hydrogen-bond donors (Lipinski definition) is 0. The normalized spacial score (nSPS) is 12.9. The fourth-order valence-electron chi connectivity index (χ4n) is 8.80. The first-order valence-electron chi connectivity index (χ1n) is 19.4. The number of aromatic nitrogens is 3. The van der Waals surface area contributed by atoms with Gasteiger partial charge < -0.3 is 14.5 Å². The molecule has 5 aromatic carbocycles. The molecule has 3 aromatic heterocycles. The van der Waals surface area contributed by atoms with Gasteiger partial charge in [0.1, 0.15) is 24.0 Å². The van der Waals surface area contributed by atoms with Gasteiger partial charge in [-0.15, -0.1) is 0 Å². The van der Waals surface area contributed by atoms with Gasteiger partial charge in [-0.1, -0.05) is 62.7 Å². The third-order valence-electron chi connectivity index (χ3n) is 11.2. The van der Waals surface area contributed by atoms with Gasteiger partial charge in [-0.05, 0) is 140 Å². The summed E-state index contributed by atoms with van der Waals surface area (Å²) >= 11 is 0. The molecule has 4 heterocycles. The lowest BCUT2D eigenvalue weighted by Gasteiger charge is -2.26. The highest BCUT2D eigenvalue weighted by Crippen LogP contribution is 2.47. The Kier molecular flexibility index (Phi) is 8.46. The zero-order valence-corrected chi connectivity index (χ0v) is 33.5. The van der Waals surface area contributed by atoms with E-state index < -0.39 is 0 Å². The minimum atomic E-state index is 0.00105. The minimum Gasteiger partial charge on any atom is -0.457 e. The molecule has 0 atom stereocenters. The SMILES string of the molecule is Cc1cc(C)c(-c2cc(C)c(N3CN(c4cccc(Oc5ccc6c7ccccc7n(-c7cc(C(C)(C)C)ccn7)c6c5)c4)c4cnccc43)c(C)c2)c(C)c1. The third-order valence-corrected chi connectivity index (χ3v) is 11.2. The maximum atomic E-state index is 6.68. The van der Waals surface area contributed by atoms with Crippen LogP contribution in [-0.2, 0) is 5.41 Å². The Labute approximate surface area is 329 Å². The number of nitrogens with zero attached hydrogens (tertiary/aromatic N) is 5. The molecular weight excluding hydrogens is 687 g/mol. The molecule has 0 fully saturated rings. The molecule has 278 valence electrons. The van der Waals surface area contributed by atoms with Crippen molar-refractivity contribution in [3.05, 3.63) is 161 Å². The summed E-state index contributed by atoms with van der Waals surface area (Å²) in [5.74, 6) is 2.43. The van der Waals surface area contributed by atoms with Crippen LogP contribution < -0.4 is 14.5 Å². The highest BCUT2D eigenvalue weighted by Gasteiger charge is 2.30. The van der Waals surface area contributed by atoms with E-state index in [1.807, 2.05) is 24.7 Å². The van der Waals surface area contributed by atoms with Crippen LogP contribution in [0.15, 0.2) is 128 Å². The fourth-order valence-corrected chi connectivity index (χ4v) is 8.80. The summed E-state index contributed by atoms with van der Waals surface area (Å²) in [7, 11) is 0. The summed E-state index contributed by atoms with van der Waals surface area (Å²) in [4.78, 5) is 14.2. The van der Waals surface area contributed by atoms with Gasteiger partial charge in [-0.25, -0.2) is 4.98 Å². The predicted molar refractivity (Wildman–Crippen MR) is 233 cm³/mol.